The first-order valence-electron chi connectivity index (χ1n) is 10.1. The van der Waals surface area contributed by atoms with Gasteiger partial charge in [0, 0.05) is 24.4 Å². The van der Waals surface area contributed by atoms with Crippen LogP contribution >= 0.6 is 0 Å². The first kappa shape index (κ1) is 18.4. The van der Waals surface area contributed by atoms with E-state index in [1.54, 1.807) is 6.20 Å². The van der Waals surface area contributed by atoms with Gasteiger partial charge in [-0.1, -0.05) is 66.7 Å². The predicted molar refractivity (Wildman–Crippen MR) is 112 cm³/mol. The van der Waals surface area contributed by atoms with E-state index in [2.05, 4.69) is 64.9 Å². The monoisotopic (exact) mass is 370 g/mol. The zero-order chi connectivity index (χ0) is 19.2. The van der Waals surface area contributed by atoms with Gasteiger partial charge in [-0.25, -0.2) is 0 Å². The fraction of sp³-hybridized carbons (Fsp3) is 0.280. The molecule has 1 N–H and O–H groups in total. The van der Waals surface area contributed by atoms with Crippen LogP contribution in [0.5, 0.6) is 0 Å². The van der Waals surface area contributed by atoms with Gasteiger partial charge in [-0.3, -0.25) is 9.78 Å². The molecule has 0 saturated heterocycles. The molecule has 2 aromatic carbocycles. The molecule has 1 atom stereocenters. The number of benzene rings is 2. The normalized spacial score (nSPS) is 17.1. The standard InChI is InChI=1S/C25H26N2O/c28-24(27-17-8-7-10-20-11-9-16-26-19-20)23-18-25(23,21-12-3-1-4-13-21)22-14-5-2-6-15-22/h1-6,9,11-16,19,23H,7-8,10,17-18H2,(H,27,28)/t23-/m1/s1. The highest BCUT2D eigenvalue weighted by Crippen LogP contribution is 2.58. The lowest BCUT2D eigenvalue weighted by molar-refractivity contribution is -0.122. The smallest absolute Gasteiger partial charge is 0.224 e. The van der Waals surface area contributed by atoms with E-state index in [4.69, 9.17) is 0 Å². The Labute approximate surface area is 166 Å². The lowest BCUT2D eigenvalue weighted by atomic mass is 9.85. The Balaban J connectivity index is 1.35. The first-order valence-corrected chi connectivity index (χ1v) is 10.1. The van der Waals surface area contributed by atoms with E-state index in [1.165, 1.54) is 16.7 Å². The van der Waals surface area contributed by atoms with E-state index in [0.29, 0.717) is 0 Å². The number of carbonyl (C=O) groups is 1. The van der Waals surface area contributed by atoms with Crippen LogP contribution in [0.3, 0.4) is 0 Å². The van der Waals surface area contributed by atoms with Crippen molar-refractivity contribution in [2.24, 2.45) is 5.92 Å². The van der Waals surface area contributed by atoms with E-state index < -0.39 is 0 Å². The van der Waals surface area contributed by atoms with Crippen molar-refractivity contribution < 1.29 is 4.79 Å². The van der Waals surface area contributed by atoms with Crippen LogP contribution in [0.1, 0.15) is 36.0 Å². The Kier molecular flexibility index (Phi) is 5.52. The maximum absolute atomic E-state index is 12.9. The Hall–Kier alpha value is -2.94. The zero-order valence-electron chi connectivity index (χ0n) is 16.1. The van der Waals surface area contributed by atoms with Crippen molar-refractivity contribution >= 4 is 5.91 Å². The molecule has 0 aliphatic heterocycles. The average molecular weight is 370 g/mol. The summed E-state index contributed by atoms with van der Waals surface area (Å²) >= 11 is 0. The molecule has 3 aromatic rings. The molecule has 4 rings (SSSR count). The second-order valence-corrected chi connectivity index (χ2v) is 7.57. The van der Waals surface area contributed by atoms with Gasteiger partial charge >= 0.3 is 0 Å². The lowest BCUT2D eigenvalue weighted by Crippen LogP contribution is -2.29. The third-order valence-corrected chi connectivity index (χ3v) is 5.77. The highest BCUT2D eigenvalue weighted by atomic mass is 16.2. The Morgan fingerprint density at radius 1 is 0.929 bits per heavy atom. The molecule has 1 aliphatic carbocycles. The number of nitrogens with one attached hydrogen (secondary N) is 1. The van der Waals surface area contributed by atoms with Crippen molar-refractivity contribution in [2.45, 2.75) is 31.1 Å². The maximum atomic E-state index is 12.9. The van der Waals surface area contributed by atoms with Crippen LogP contribution in [0.25, 0.3) is 0 Å². The summed E-state index contributed by atoms with van der Waals surface area (Å²) < 4.78 is 0. The Morgan fingerprint density at radius 3 is 2.21 bits per heavy atom. The third-order valence-electron chi connectivity index (χ3n) is 5.77. The Bertz CT molecular complexity index is 854. The van der Waals surface area contributed by atoms with Gasteiger partial charge in [-0.15, -0.1) is 0 Å². The minimum atomic E-state index is -0.178. The van der Waals surface area contributed by atoms with Crippen LogP contribution in [0.2, 0.25) is 0 Å². The summed E-state index contributed by atoms with van der Waals surface area (Å²) in [6.07, 6.45) is 7.63. The molecule has 1 aliphatic rings. The number of pyridine rings is 1. The minimum absolute atomic E-state index is 0.00984. The largest absolute Gasteiger partial charge is 0.356 e. The van der Waals surface area contributed by atoms with Gasteiger partial charge < -0.3 is 5.32 Å². The van der Waals surface area contributed by atoms with Crippen molar-refractivity contribution in [1.82, 2.24) is 10.3 Å². The number of hydrogen-bond donors (Lipinski definition) is 1. The fourth-order valence-corrected chi connectivity index (χ4v) is 4.19. The number of amides is 1. The maximum Gasteiger partial charge on any atom is 0.224 e. The molecular formula is C25H26N2O. The molecular weight excluding hydrogens is 344 g/mol. The van der Waals surface area contributed by atoms with Crippen molar-refractivity contribution in [3.8, 4) is 0 Å². The summed E-state index contributed by atoms with van der Waals surface area (Å²) in [5.74, 6) is 0.185. The summed E-state index contributed by atoms with van der Waals surface area (Å²) in [5, 5.41) is 3.17. The van der Waals surface area contributed by atoms with E-state index in [-0.39, 0.29) is 17.2 Å². The highest BCUT2D eigenvalue weighted by molar-refractivity contribution is 5.86. The summed E-state index contributed by atoms with van der Waals surface area (Å²) in [4.78, 5) is 17.0. The number of carbonyl (C=O) groups excluding carboxylic acids is 1. The number of aromatic nitrogens is 1. The molecule has 1 saturated carbocycles. The van der Waals surface area contributed by atoms with Crippen LogP contribution < -0.4 is 5.32 Å². The number of aryl methyl sites for hydroxylation is 1. The van der Waals surface area contributed by atoms with Crippen molar-refractivity contribution in [3.63, 3.8) is 0 Å². The second kappa shape index (κ2) is 8.39. The Morgan fingerprint density at radius 2 is 1.61 bits per heavy atom. The molecule has 3 heteroatoms. The van der Waals surface area contributed by atoms with E-state index >= 15 is 0 Å². The second-order valence-electron chi connectivity index (χ2n) is 7.57. The molecule has 0 spiro atoms. The quantitative estimate of drug-likeness (QED) is 0.592. The van der Waals surface area contributed by atoms with Gasteiger partial charge in [-0.05, 0) is 48.4 Å². The molecule has 3 nitrogen and oxygen atoms in total. The van der Waals surface area contributed by atoms with E-state index in [1.807, 2.05) is 24.4 Å². The van der Waals surface area contributed by atoms with Gasteiger partial charge in [0.1, 0.15) is 0 Å². The van der Waals surface area contributed by atoms with E-state index in [9.17, 15) is 4.79 Å². The van der Waals surface area contributed by atoms with Gasteiger partial charge in [0.25, 0.3) is 0 Å². The van der Waals surface area contributed by atoms with Crippen molar-refractivity contribution in [1.29, 1.82) is 0 Å². The van der Waals surface area contributed by atoms with Crippen LogP contribution in [-0.2, 0) is 16.6 Å². The molecule has 1 amide bonds. The van der Waals surface area contributed by atoms with Gasteiger partial charge in [0.15, 0.2) is 0 Å². The number of nitrogens with zero attached hydrogens (tertiary/aromatic N) is 1. The van der Waals surface area contributed by atoms with Crippen LogP contribution in [0.4, 0.5) is 0 Å². The number of hydrogen-bond acceptors (Lipinski definition) is 2. The summed E-state index contributed by atoms with van der Waals surface area (Å²) in [7, 11) is 0. The fourth-order valence-electron chi connectivity index (χ4n) is 4.19. The average Bonchev–Trinajstić information content (AvgIpc) is 3.53. The highest BCUT2D eigenvalue weighted by Gasteiger charge is 2.59. The summed E-state index contributed by atoms with van der Waals surface area (Å²) in [6.45, 7) is 0.731. The molecule has 28 heavy (non-hydrogen) atoms. The van der Waals surface area contributed by atoms with Crippen LogP contribution in [0.15, 0.2) is 85.2 Å². The molecule has 0 unspecified atom stereocenters. The topological polar surface area (TPSA) is 42.0 Å². The zero-order valence-corrected chi connectivity index (χ0v) is 16.1. The molecule has 1 aromatic heterocycles. The van der Waals surface area contributed by atoms with Gasteiger partial charge in [0.2, 0.25) is 5.91 Å². The molecule has 0 bridgehead atoms. The molecule has 0 radical (unpaired) electrons. The van der Waals surface area contributed by atoms with Gasteiger partial charge in [-0.2, -0.15) is 0 Å². The first-order chi connectivity index (χ1) is 13.8. The predicted octanol–water partition coefficient (Wildman–Crippen LogP) is 4.53. The molecule has 1 heterocycles. The third kappa shape index (κ3) is 3.84. The van der Waals surface area contributed by atoms with Crippen molar-refractivity contribution in [3.05, 3.63) is 102 Å². The number of rotatable bonds is 8. The summed E-state index contributed by atoms with van der Waals surface area (Å²) in [6, 6.07) is 25.0. The molecule has 1 fully saturated rings. The molecule has 142 valence electrons. The van der Waals surface area contributed by atoms with Gasteiger partial charge in [0.05, 0.1) is 5.92 Å². The van der Waals surface area contributed by atoms with Crippen LogP contribution in [0, 0.1) is 5.92 Å². The lowest BCUT2D eigenvalue weighted by Gasteiger charge is -2.19. The van der Waals surface area contributed by atoms with Crippen LogP contribution in [-0.4, -0.2) is 17.4 Å². The van der Waals surface area contributed by atoms with E-state index in [0.717, 1.165) is 32.2 Å². The number of unbranched alkanes of at least 4 members (excludes halogenated alkanes) is 1. The van der Waals surface area contributed by atoms with Crippen molar-refractivity contribution in [2.75, 3.05) is 6.54 Å². The minimum Gasteiger partial charge on any atom is -0.356 e. The SMILES string of the molecule is O=C(NCCCCc1cccnc1)[C@H]1CC1(c1ccccc1)c1ccccc1. The summed E-state index contributed by atoms with van der Waals surface area (Å²) in [5.41, 5.74) is 3.54.